The minimum atomic E-state index is -0.475. The third-order valence-corrected chi connectivity index (χ3v) is 7.88. The predicted octanol–water partition coefficient (Wildman–Crippen LogP) is 6.14. The van der Waals surface area contributed by atoms with Crippen LogP contribution in [0.3, 0.4) is 0 Å². The second-order valence-corrected chi connectivity index (χ2v) is 11.1. The third-order valence-electron chi connectivity index (χ3n) is 6.54. The monoisotopic (exact) mass is 554 g/mol. The molecule has 0 N–H and O–H groups in total. The fourth-order valence-electron chi connectivity index (χ4n) is 4.36. The van der Waals surface area contributed by atoms with Gasteiger partial charge < -0.3 is 9.85 Å². The van der Waals surface area contributed by atoms with E-state index in [0.717, 1.165) is 20.4 Å². The molecule has 0 aliphatic carbocycles. The van der Waals surface area contributed by atoms with E-state index in [1.165, 1.54) is 11.3 Å². The Labute approximate surface area is 218 Å². The minimum absolute atomic E-state index is 0.0410. The number of halogens is 1. The highest BCUT2D eigenvalue weighted by atomic mass is 79.9. The number of hydrogen-bond acceptors (Lipinski definition) is 5. The first-order valence-corrected chi connectivity index (χ1v) is 13.4. The molecule has 2 aromatic carbocycles. The summed E-state index contributed by atoms with van der Waals surface area (Å²) < 4.78 is 2.33. The first-order valence-electron chi connectivity index (χ1n) is 11.8. The highest BCUT2D eigenvalue weighted by Crippen LogP contribution is 2.31. The molecule has 0 fully saturated rings. The zero-order chi connectivity index (χ0) is 25.2. The summed E-state index contributed by atoms with van der Waals surface area (Å²) >= 11 is 4.98. The van der Waals surface area contributed by atoms with E-state index in [4.69, 9.17) is 4.98 Å². The van der Waals surface area contributed by atoms with Crippen LogP contribution in [0.25, 0.3) is 10.2 Å². The lowest BCUT2D eigenvalue weighted by atomic mass is 10.1. The summed E-state index contributed by atoms with van der Waals surface area (Å²) in [6.07, 6.45) is 0.351. The molecule has 0 amide bonds. The Kier molecular flexibility index (Phi) is 7.88. The molecule has 4 rings (SSSR count). The molecule has 0 saturated carbocycles. The van der Waals surface area contributed by atoms with Gasteiger partial charge in [0.1, 0.15) is 16.8 Å². The van der Waals surface area contributed by atoms with Crippen LogP contribution < -0.4 is 5.56 Å². The molecule has 0 saturated heterocycles. The topological polar surface area (TPSA) is 61.2 Å². The van der Waals surface area contributed by atoms with Crippen LogP contribution in [0, 0.1) is 5.21 Å². The molecule has 0 aliphatic rings. The van der Waals surface area contributed by atoms with Gasteiger partial charge in [-0.15, -0.1) is 11.3 Å². The van der Waals surface area contributed by atoms with Crippen molar-refractivity contribution in [3.05, 3.63) is 103 Å². The quantitative estimate of drug-likeness (QED) is 0.141. The second kappa shape index (κ2) is 10.7. The lowest BCUT2D eigenvalue weighted by Crippen LogP contribution is -2.53. The summed E-state index contributed by atoms with van der Waals surface area (Å²) in [5.41, 5.74) is 2.09. The Morgan fingerprint density at radius 1 is 1.09 bits per heavy atom. The molecule has 184 valence electrons. The normalized spacial score (nSPS) is 13.9. The number of quaternary nitrogens is 1. The number of thiophene rings is 1. The summed E-state index contributed by atoms with van der Waals surface area (Å²) in [4.78, 5) is 21.6. The molecular formula is C27H31BrN4O2S. The van der Waals surface area contributed by atoms with Gasteiger partial charge in [0.2, 0.25) is 0 Å². The van der Waals surface area contributed by atoms with Gasteiger partial charge >= 0.3 is 0 Å². The number of hydroxylamine groups is 3. The number of aromatic nitrogens is 2. The van der Waals surface area contributed by atoms with Crippen molar-refractivity contribution in [2.24, 2.45) is 0 Å². The Hall–Kier alpha value is -2.36. The molecular weight excluding hydrogens is 524 g/mol. The van der Waals surface area contributed by atoms with E-state index >= 15 is 0 Å². The van der Waals surface area contributed by atoms with Crippen molar-refractivity contribution < 1.29 is 4.65 Å². The first kappa shape index (κ1) is 25.7. The Morgan fingerprint density at radius 3 is 2.40 bits per heavy atom. The molecule has 2 aromatic heterocycles. The number of fused-ring (bicyclic) bond motifs is 1. The summed E-state index contributed by atoms with van der Waals surface area (Å²) in [7, 11) is 3.33. The van der Waals surface area contributed by atoms with Crippen LogP contribution in [-0.4, -0.2) is 39.4 Å². The van der Waals surface area contributed by atoms with Crippen molar-refractivity contribution >= 4 is 37.5 Å². The molecule has 0 spiro atoms. The Bertz CT molecular complexity index is 1330. The van der Waals surface area contributed by atoms with Crippen molar-refractivity contribution in [1.29, 1.82) is 0 Å². The molecule has 0 bridgehead atoms. The van der Waals surface area contributed by atoms with Crippen molar-refractivity contribution in [3.8, 4) is 0 Å². The maximum Gasteiger partial charge on any atom is 0.262 e. The summed E-state index contributed by atoms with van der Waals surface area (Å²) in [5.74, 6) is 0.703. The fourth-order valence-corrected chi connectivity index (χ4v) is 5.39. The van der Waals surface area contributed by atoms with Crippen LogP contribution in [0.5, 0.6) is 0 Å². The zero-order valence-electron chi connectivity index (χ0n) is 20.5. The number of nitrogens with zero attached hydrogens (tertiary/aromatic N) is 4. The molecule has 0 radical (unpaired) electrons. The molecule has 6 nitrogen and oxygen atoms in total. The molecule has 35 heavy (non-hydrogen) atoms. The van der Waals surface area contributed by atoms with Gasteiger partial charge in [-0.3, -0.25) is 9.36 Å². The predicted molar refractivity (Wildman–Crippen MR) is 147 cm³/mol. The molecule has 2 unspecified atom stereocenters. The van der Waals surface area contributed by atoms with Crippen molar-refractivity contribution in [2.45, 2.75) is 45.6 Å². The van der Waals surface area contributed by atoms with Crippen molar-refractivity contribution in [1.82, 2.24) is 14.5 Å². The second-order valence-electron chi connectivity index (χ2n) is 9.28. The third kappa shape index (κ3) is 5.73. The van der Waals surface area contributed by atoms with Crippen LogP contribution in [0.1, 0.15) is 43.3 Å². The average molecular weight is 556 g/mol. The van der Waals surface area contributed by atoms with Gasteiger partial charge in [0.25, 0.3) is 5.56 Å². The molecule has 0 aliphatic heterocycles. The molecule has 2 atom stereocenters. The van der Waals surface area contributed by atoms with E-state index in [9.17, 15) is 10.0 Å². The van der Waals surface area contributed by atoms with Crippen LogP contribution >= 0.6 is 27.3 Å². The molecule has 8 heteroatoms. The highest BCUT2D eigenvalue weighted by molar-refractivity contribution is 9.10. The van der Waals surface area contributed by atoms with E-state index < -0.39 is 4.65 Å². The number of rotatable bonds is 9. The zero-order valence-corrected chi connectivity index (χ0v) is 22.9. The Balaban J connectivity index is 1.86. The average Bonchev–Trinajstić information content (AvgIpc) is 3.31. The maximum absolute atomic E-state index is 13.7. The molecule has 2 heterocycles. The van der Waals surface area contributed by atoms with Gasteiger partial charge in [-0.1, -0.05) is 65.3 Å². The number of benzene rings is 2. The molecule has 4 aromatic rings. The smallest absolute Gasteiger partial charge is 0.262 e. The van der Waals surface area contributed by atoms with Crippen molar-refractivity contribution in [3.63, 3.8) is 0 Å². The maximum atomic E-state index is 13.7. The highest BCUT2D eigenvalue weighted by Gasteiger charge is 2.33. The van der Waals surface area contributed by atoms with E-state index in [0.29, 0.717) is 30.7 Å². The van der Waals surface area contributed by atoms with Gasteiger partial charge in [0, 0.05) is 17.9 Å². The van der Waals surface area contributed by atoms with Gasteiger partial charge in [-0.2, -0.15) is 0 Å². The van der Waals surface area contributed by atoms with Crippen LogP contribution in [0.15, 0.2) is 75.3 Å². The first-order chi connectivity index (χ1) is 16.7. The largest absolute Gasteiger partial charge is 0.632 e. The van der Waals surface area contributed by atoms with E-state index in [1.54, 1.807) is 18.7 Å². The van der Waals surface area contributed by atoms with E-state index in [-0.39, 0.29) is 17.8 Å². The minimum Gasteiger partial charge on any atom is -0.632 e. The van der Waals surface area contributed by atoms with E-state index in [1.807, 2.05) is 60.8 Å². The standard InChI is InChI=1S/C27H31BrN4O2S/c1-5-24(30(19(2)32(3,4)34)17-21-11-13-22(28)14-12-21)25-29-26-23(15-16-35-26)27(33)31(25)18-20-9-7-6-8-10-20/h6-16,19,24H,5,17-18H2,1-4H3. The Morgan fingerprint density at radius 2 is 1.77 bits per heavy atom. The summed E-state index contributed by atoms with van der Waals surface area (Å²) in [5, 5.41) is 15.7. The van der Waals surface area contributed by atoms with Crippen LogP contribution in [0.4, 0.5) is 0 Å². The summed E-state index contributed by atoms with van der Waals surface area (Å²) in [6.45, 7) is 5.05. The number of hydrogen-bond donors (Lipinski definition) is 0. The van der Waals surface area contributed by atoms with Gasteiger partial charge in [0.05, 0.1) is 32.1 Å². The summed E-state index contributed by atoms with van der Waals surface area (Å²) in [6, 6.07) is 19.8. The SMILES string of the molecule is CCC(c1nc2sccc2c(=O)n1Cc1ccccc1)N(Cc1ccc(Br)cc1)C(C)[N+](C)(C)[O-]. The van der Waals surface area contributed by atoms with Crippen molar-refractivity contribution in [2.75, 3.05) is 14.1 Å². The van der Waals surface area contributed by atoms with Gasteiger partial charge in [-0.05, 0) is 41.1 Å². The van der Waals surface area contributed by atoms with Gasteiger partial charge in [-0.25, -0.2) is 9.88 Å². The van der Waals surface area contributed by atoms with E-state index in [2.05, 4.69) is 39.9 Å². The van der Waals surface area contributed by atoms with Crippen LogP contribution in [-0.2, 0) is 13.1 Å². The lowest BCUT2D eigenvalue weighted by Gasteiger charge is -2.47. The fraction of sp³-hybridized carbons (Fsp3) is 0.333. The lowest BCUT2D eigenvalue weighted by molar-refractivity contribution is -0.879. The van der Waals surface area contributed by atoms with Crippen LogP contribution in [0.2, 0.25) is 0 Å². The van der Waals surface area contributed by atoms with Gasteiger partial charge in [0.15, 0.2) is 0 Å².